The first kappa shape index (κ1) is 30.2. The Morgan fingerprint density at radius 3 is 1.24 bits per heavy atom. The van der Waals surface area contributed by atoms with E-state index in [4.69, 9.17) is 0 Å². The molecule has 0 bridgehead atoms. The molecule has 5 rings (SSSR count). The van der Waals surface area contributed by atoms with Crippen LogP contribution in [0.3, 0.4) is 0 Å². The second-order valence-electron chi connectivity index (χ2n) is 7.62. The molecule has 0 heterocycles. The van der Waals surface area contributed by atoms with E-state index in [1.54, 1.807) is 0 Å². The summed E-state index contributed by atoms with van der Waals surface area (Å²) < 4.78 is 0. The van der Waals surface area contributed by atoms with Crippen LogP contribution >= 0.6 is 0 Å². The first-order valence-electron chi connectivity index (χ1n) is 10.4. The second kappa shape index (κ2) is 13.9. The van der Waals surface area contributed by atoms with Crippen LogP contribution in [0.5, 0.6) is 0 Å². The average molecular weight is 554 g/mol. The summed E-state index contributed by atoms with van der Waals surface area (Å²) in [5, 5.41) is 5.77. The fourth-order valence-corrected chi connectivity index (χ4v) is 9.86. The van der Waals surface area contributed by atoms with Gasteiger partial charge in [-0.05, 0) is 0 Å². The molecule has 4 aromatic carbocycles. The van der Waals surface area contributed by atoms with Crippen molar-refractivity contribution in [2.45, 2.75) is 6.42 Å². The van der Waals surface area contributed by atoms with Gasteiger partial charge in [-0.2, -0.15) is 22.9 Å². The van der Waals surface area contributed by atoms with Gasteiger partial charge in [-0.15, -0.1) is 17.7 Å². The third kappa shape index (κ3) is 5.52. The Kier molecular flexibility index (Phi) is 12.3. The summed E-state index contributed by atoms with van der Waals surface area (Å²) in [6.45, 7) is 0. The van der Waals surface area contributed by atoms with Crippen molar-refractivity contribution in [3.8, 4) is 0 Å². The van der Waals surface area contributed by atoms with Crippen LogP contribution in [0.2, 0.25) is 0 Å². The zero-order chi connectivity index (χ0) is 20.2. The standard InChI is InChI=1S/C29H23Si.3ClH.Ti/c1-5-14-24(15-6-1)28-22-13-23-29(28)30(25-16-7-2-8-17-25,26-18-9-3-10-19-26)27-20-11-4-12-21-27;;;;/h1-21H,23H2;3*1H;/q-1;;;;+4/p-3. The Bertz CT molecular complexity index is 1100. The van der Waals surface area contributed by atoms with Crippen LogP contribution in [0, 0.1) is 6.08 Å². The SMILES string of the molecule is [C-]1=CCC([Si](c2ccccc2)(c2ccccc2)c2ccccc2)=C1c1ccccc1.[Cl-].[Cl-].[Cl-].[Ti+4]. The molecule has 0 saturated carbocycles. The second-order valence-corrected chi connectivity index (χ2v) is 11.5. The summed E-state index contributed by atoms with van der Waals surface area (Å²) in [4.78, 5) is 0. The maximum absolute atomic E-state index is 3.63. The number of benzene rings is 4. The Morgan fingerprint density at radius 1 is 0.500 bits per heavy atom. The minimum Gasteiger partial charge on any atom is -1.00 e. The van der Waals surface area contributed by atoms with Crippen molar-refractivity contribution in [1.29, 1.82) is 0 Å². The number of halogens is 3. The van der Waals surface area contributed by atoms with Gasteiger partial charge in [0.25, 0.3) is 0 Å². The van der Waals surface area contributed by atoms with Crippen molar-refractivity contribution in [3.63, 3.8) is 0 Å². The molecule has 168 valence electrons. The van der Waals surface area contributed by atoms with Crippen LogP contribution < -0.4 is 52.8 Å². The normalized spacial score (nSPS) is 12.0. The van der Waals surface area contributed by atoms with E-state index in [-0.39, 0.29) is 58.9 Å². The third-order valence-corrected chi connectivity index (χ3v) is 10.9. The molecule has 0 aliphatic heterocycles. The topological polar surface area (TPSA) is 0 Å². The molecule has 0 saturated heterocycles. The number of rotatable bonds is 5. The van der Waals surface area contributed by atoms with Crippen LogP contribution in [-0.2, 0) is 21.7 Å². The minimum atomic E-state index is -2.45. The first-order valence-corrected chi connectivity index (χ1v) is 12.4. The van der Waals surface area contributed by atoms with Crippen molar-refractivity contribution >= 4 is 29.2 Å². The van der Waals surface area contributed by atoms with Gasteiger partial charge in [-0.1, -0.05) is 131 Å². The quantitative estimate of drug-likeness (QED) is 0.134. The Labute approximate surface area is 237 Å². The van der Waals surface area contributed by atoms with E-state index in [9.17, 15) is 0 Å². The summed E-state index contributed by atoms with van der Waals surface area (Å²) in [5.41, 5.74) is 2.51. The predicted molar refractivity (Wildman–Crippen MR) is 130 cm³/mol. The zero-order valence-corrected chi connectivity index (χ0v) is 23.3. The molecule has 0 atom stereocenters. The van der Waals surface area contributed by atoms with Gasteiger partial charge >= 0.3 is 21.7 Å². The van der Waals surface area contributed by atoms with Gasteiger partial charge < -0.3 is 37.2 Å². The van der Waals surface area contributed by atoms with Crippen molar-refractivity contribution in [2.75, 3.05) is 0 Å². The summed E-state index contributed by atoms with van der Waals surface area (Å²) in [6.07, 6.45) is 6.78. The van der Waals surface area contributed by atoms with Gasteiger partial charge in [0.15, 0.2) is 0 Å². The molecular formula is C29H23Cl3SiTi. The van der Waals surface area contributed by atoms with Crippen molar-refractivity contribution in [1.82, 2.24) is 0 Å². The largest absolute Gasteiger partial charge is 4.00 e. The Balaban J connectivity index is 0.00000144. The van der Waals surface area contributed by atoms with Crippen LogP contribution in [0.25, 0.3) is 5.57 Å². The molecule has 0 amide bonds. The molecule has 4 aromatic rings. The number of hydrogen-bond donors (Lipinski definition) is 0. The molecule has 1 aliphatic carbocycles. The molecule has 0 N–H and O–H groups in total. The van der Waals surface area contributed by atoms with Gasteiger partial charge in [-0.3, -0.25) is 0 Å². The van der Waals surface area contributed by atoms with E-state index in [2.05, 4.69) is 133 Å². The molecule has 1 aliphatic rings. The van der Waals surface area contributed by atoms with Crippen molar-refractivity contribution in [2.24, 2.45) is 0 Å². The fraction of sp³-hybridized carbons (Fsp3) is 0.0345. The van der Waals surface area contributed by atoms with Crippen LogP contribution in [0.4, 0.5) is 0 Å². The van der Waals surface area contributed by atoms with Gasteiger partial charge in [0.05, 0.1) is 0 Å². The third-order valence-electron chi connectivity index (χ3n) is 5.99. The molecule has 0 radical (unpaired) electrons. The average Bonchev–Trinajstić information content (AvgIpc) is 3.33. The van der Waals surface area contributed by atoms with Gasteiger partial charge in [0.2, 0.25) is 0 Å². The van der Waals surface area contributed by atoms with E-state index in [1.165, 1.54) is 31.9 Å². The smallest absolute Gasteiger partial charge is 1.00 e. The van der Waals surface area contributed by atoms with Gasteiger partial charge in [0, 0.05) is 0 Å². The maximum atomic E-state index is 3.63. The molecule has 0 spiro atoms. The van der Waals surface area contributed by atoms with Gasteiger partial charge in [0.1, 0.15) is 8.07 Å². The van der Waals surface area contributed by atoms with Crippen LogP contribution in [0.15, 0.2) is 133 Å². The zero-order valence-electron chi connectivity index (χ0n) is 18.5. The van der Waals surface area contributed by atoms with E-state index >= 15 is 0 Å². The fourth-order valence-electron chi connectivity index (χ4n) is 4.73. The molecule has 0 unspecified atom stereocenters. The van der Waals surface area contributed by atoms with Crippen LogP contribution in [0.1, 0.15) is 12.0 Å². The summed E-state index contributed by atoms with van der Waals surface area (Å²) in [6, 6.07) is 44.1. The van der Waals surface area contributed by atoms with Crippen molar-refractivity contribution < 1.29 is 58.9 Å². The molecule has 0 fully saturated rings. The maximum Gasteiger partial charge on any atom is 4.00 e. The van der Waals surface area contributed by atoms with E-state index in [1.807, 2.05) is 0 Å². The molecule has 0 nitrogen and oxygen atoms in total. The predicted octanol–water partition coefficient (Wildman–Crippen LogP) is -4.08. The Morgan fingerprint density at radius 2 is 0.853 bits per heavy atom. The molecular weight excluding hydrogens is 531 g/mol. The van der Waals surface area contributed by atoms with E-state index < -0.39 is 8.07 Å². The first-order chi connectivity index (χ1) is 14.9. The van der Waals surface area contributed by atoms with Crippen molar-refractivity contribution in [3.05, 3.63) is 144 Å². The van der Waals surface area contributed by atoms with E-state index in [0.29, 0.717) is 0 Å². The van der Waals surface area contributed by atoms with E-state index in [0.717, 1.165) is 6.42 Å². The summed E-state index contributed by atoms with van der Waals surface area (Å²) in [7, 11) is -2.45. The monoisotopic (exact) mass is 552 g/mol. The summed E-state index contributed by atoms with van der Waals surface area (Å²) in [5.74, 6) is 0. The minimum absolute atomic E-state index is 0. The van der Waals surface area contributed by atoms with Gasteiger partial charge in [-0.25, -0.2) is 0 Å². The number of allylic oxidation sites excluding steroid dienone is 4. The van der Waals surface area contributed by atoms with Crippen LogP contribution in [-0.4, -0.2) is 8.07 Å². The number of hydrogen-bond acceptors (Lipinski definition) is 0. The molecule has 34 heavy (non-hydrogen) atoms. The molecule has 0 aromatic heterocycles. The molecule has 5 heteroatoms. The Hall–Kier alpha value is -1.84. The summed E-state index contributed by atoms with van der Waals surface area (Å²) >= 11 is 0.